The van der Waals surface area contributed by atoms with Crippen molar-refractivity contribution in [1.82, 2.24) is 5.32 Å². The Bertz CT molecular complexity index is 1100. The number of aromatic hydroxyl groups is 1. The maximum Gasteiger partial charge on any atom is 0.415 e. The lowest BCUT2D eigenvalue weighted by Crippen LogP contribution is -2.42. The monoisotopic (exact) mass is 413 g/mol. The number of benzene rings is 1. The number of para-hydroxylation sites is 1. The van der Waals surface area contributed by atoms with Crippen molar-refractivity contribution in [2.24, 2.45) is 8.80 Å². The quantitative estimate of drug-likeness (QED) is 0.656. The van der Waals surface area contributed by atoms with Gasteiger partial charge in [0.05, 0.1) is 17.5 Å². The Morgan fingerprint density at radius 3 is 2.50 bits per heavy atom. The molecule has 146 valence electrons. The lowest BCUT2D eigenvalue weighted by molar-refractivity contribution is -0.157. The molecule has 1 aliphatic heterocycles. The van der Waals surface area contributed by atoms with Gasteiger partial charge in [-0.2, -0.15) is 26.9 Å². The van der Waals surface area contributed by atoms with Crippen LogP contribution in [0, 0.1) is 11.3 Å². The van der Waals surface area contributed by atoms with Crippen molar-refractivity contribution in [1.29, 1.82) is 5.26 Å². The van der Waals surface area contributed by atoms with E-state index in [1.807, 2.05) is 5.32 Å². The Kier molecular flexibility index (Phi) is 4.73. The van der Waals surface area contributed by atoms with Crippen LogP contribution >= 0.6 is 0 Å². The fourth-order valence-electron chi connectivity index (χ4n) is 2.28. The predicted octanol–water partition coefficient (Wildman–Crippen LogP) is 2.22. The predicted molar refractivity (Wildman–Crippen MR) is 90.9 cm³/mol. The first-order chi connectivity index (χ1) is 13.1. The van der Waals surface area contributed by atoms with Crippen molar-refractivity contribution in [3.63, 3.8) is 0 Å². The first-order valence-electron chi connectivity index (χ1n) is 7.42. The number of nitriles is 1. The van der Waals surface area contributed by atoms with Gasteiger partial charge in [0.25, 0.3) is 0 Å². The molecular formula is C15H10F3N5O4S. The zero-order valence-corrected chi connectivity index (χ0v) is 14.4. The van der Waals surface area contributed by atoms with E-state index in [-0.39, 0.29) is 11.3 Å². The largest absolute Gasteiger partial charge is 0.504 e. The minimum atomic E-state index is -4.85. The lowest BCUT2D eigenvalue weighted by Gasteiger charge is -2.21. The normalized spacial score (nSPS) is 16.6. The first-order valence-corrected chi connectivity index (χ1v) is 8.81. The number of hydrogen-bond acceptors (Lipinski definition) is 7. The number of nitrogens with zero attached hydrogens (tertiary/aromatic N) is 3. The molecule has 2 aromatic rings. The van der Waals surface area contributed by atoms with Gasteiger partial charge < -0.3 is 20.2 Å². The Balaban J connectivity index is 1.95. The molecule has 0 radical (unpaired) electrons. The van der Waals surface area contributed by atoms with Gasteiger partial charge in [0, 0.05) is 0 Å². The van der Waals surface area contributed by atoms with Gasteiger partial charge in [0.1, 0.15) is 11.8 Å². The van der Waals surface area contributed by atoms with Gasteiger partial charge in [-0.25, -0.2) is 0 Å². The van der Waals surface area contributed by atoms with Gasteiger partial charge in [0.2, 0.25) is 0 Å². The van der Waals surface area contributed by atoms with E-state index in [4.69, 9.17) is 9.68 Å². The minimum Gasteiger partial charge on any atom is -0.504 e. The zero-order chi connectivity index (χ0) is 20.5. The standard InChI is InChI=1S/C15H10F3N5O4S/c16-15(17,18)12(10-5-2-6-27-10)21-14-13(22-28(25,26)23-14)20-9-4-1-3-8(7-19)11(9)24/h1-6,12,24H,(H,20,22)(H,21,23). The third-order valence-corrected chi connectivity index (χ3v) is 4.31. The number of alkyl halides is 3. The van der Waals surface area contributed by atoms with E-state index in [0.717, 1.165) is 12.3 Å². The van der Waals surface area contributed by atoms with E-state index < -0.39 is 45.6 Å². The highest BCUT2D eigenvalue weighted by Crippen LogP contribution is 2.33. The molecule has 1 unspecified atom stereocenters. The van der Waals surface area contributed by atoms with Gasteiger partial charge in [-0.15, -0.1) is 8.80 Å². The second-order valence-corrected chi connectivity index (χ2v) is 6.66. The third kappa shape index (κ3) is 3.91. The third-order valence-electron chi connectivity index (χ3n) is 3.48. The molecule has 1 atom stereocenters. The molecule has 0 saturated carbocycles. The second-order valence-electron chi connectivity index (χ2n) is 5.40. The average Bonchev–Trinajstić information content (AvgIpc) is 3.21. The van der Waals surface area contributed by atoms with E-state index in [1.165, 1.54) is 24.3 Å². The van der Waals surface area contributed by atoms with Crippen molar-refractivity contribution in [3.05, 3.63) is 47.9 Å². The number of nitrogens with one attached hydrogen (secondary N) is 2. The summed E-state index contributed by atoms with van der Waals surface area (Å²) in [5.41, 5.74) is -0.285. The summed E-state index contributed by atoms with van der Waals surface area (Å²) < 4.78 is 74.7. The van der Waals surface area contributed by atoms with Crippen molar-refractivity contribution >= 4 is 27.6 Å². The van der Waals surface area contributed by atoms with Gasteiger partial charge >= 0.3 is 16.4 Å². The van der Waals surface area contributed by atoms with Gasteiger partial charge in [0.15, 0.2) is 23.5 Å². The number of amidine groups is 2. The molecule has 3 rings (SSSR count). The number of phenols is 1. The van der Waals surface area contributed by atoms with E-state index in [2.05, 4.69) is 14.1 Å². The second kappa shape index (κ2) is 6.89. The van der Waals surface area contributed by atoms with E-state index >= 15 is 0 Å². The summed E-state index contributed by atoms with van der Waals surface area (Å²) in [5.74, 6) is -2.38. The molecule has 1 aromatic carbocycles. The van der Waals surface area contributed by atoms with E-state index in [9.17, 15) is 26.7 Å². The van der Waals surface area contributed by atoms with Crippen LogP contribution in [-0.2, 0) is 10.2 Å². The molecule has 1 aliphatic rings. The molecule has 2 heterocycles. The van der Waals surface area contributed by atoms with Crippen LogP contribution in [0.25, 0.3) is 0 Å². The van der Waals surface area contributed by atoms with Crippen molar-refractivity contribution in [3.8, 4) is 11.8 Å². The summed E-state index contributed by atoms with van der Waals surface area (Å²) in [6, 6.07) is 5.53. The molecule has 0 bridgehead atoms. The van der Waals surface area contributed by atoms with Crippen molar-refractivity contribution < 1.29 is 31.1 Å². The number of rotatable bonds is 3. The van der Waals surface area contributed by atoms with Crippen LogP contribution in [-0.4, -0.2) is 31.4 Å². The summed E-state index contributed by atoms with van der Waals surface area (Å²) in [7, 11) is -4.45. The van der Waals surface area contributed by atoms with Crippen LogP contribution in [0.4, 0.5) is 18.9 Å². The van der Waals surface area contributed by atoms with E-state index in [1.54, 1.807) is 6.07 Å². The number of anilines is 1. The molecule has 28 heavy (non-hydrogen) atoms. The maximum absolute atomic E-state index is 13.4. The SMILES string of the molecule is N#Cc1cccc(NC2=NS(=O)(=O)N=C2NC(c2ccco2)C(F)(F)F)c1O. The average molecular weight is 413 g/mol. The molecule has 9 nitrogen and oxygen atoms in total. The molecular weight excluding hydrogens is 403 g/mol. The maximum atomic E-state index is 13.4. The molecule has 0 spiro atoms. The highest BCUT2D eigenvalue weighted by atomic mass is 32.2. The van der Waals surface area contributed by atoms with Crippen LogP contribution in [0.3, 0.4) is 0 Å². The summed E-state index contributed by atoms with van der Waals surface area (Å²) in [4.78, 5) is 0. The summed E-state index contributed by atoms with van der Waals surface area (Å²) >= 11 is 0. The minimum absolute atomic E-state index is 0.137. The molecule has 3 N–H and O–H groups in total. The summed E-state index contributed by atoms with van der Waals surface area (Å²) in [6.45, 7) is 0. The fourth-order valence-corrected chi connectivity index (χ4v) is 3.06. The smallest absolute Gasteiger partial charge is 0.415 e. The van der Waals surface area contributed by atoms with Gasteiger partial charge in [-0.1, -0.05) is 6.07 Å². The molecule has 0 saturated heterocycles. The highest BCUT2D eigenvalue weighted by molar-refractivity contribution is 7.89. The number of halogens is 3. The van der Waals surface area contributed by atoms with Crippen molar-refractivity contribution in [2.75, 3.05) is 5.32 Å². The Hall–Kier alpha value is -3.53. The number of furan rings is 1. The van der Waals surface area contributed by atoms with Crippen LogP contribution in [0.1, 0.15) is 17.4 Å². The topological polar surface area (TPSA) is 140 Å². The zero-order valence-electron chi connectivity index (χ0n) is 13.6. The van der Waals surface area contributed by atoms with Gasteiger partial charge in [-0.05, 0) is 24.3 Å². The molecule has 1 aromatic heterocycles. The van der Waals surface area contributed by atoms with E-state index in [0.29, 0.717) is 0 Å². The summed E-state index contributed by atoms with van der Waals surface area (Å²) in [6.07, 6.45) is -3.82. The highest BCUT2D eigenvalue weighted by Gasteiger charge is 2.45. The Morgan fingerprint density at radius 2 is 1.89 bits per heavy atom. The Labute approximate surface area is 156 Å². The molecule has 0 fully saturated rings. The Morgan fingerprint density at radius 1 is 1.18 bits per heavy atom. The van der Waals surface area contributed by atoms with Crippen LogP contribution < -0.4 is 10.6 Å². The van der Waals surface area contributed by atoms with Gasteiger partial charge in [-0.3, -0.25) is 0 Å². The molecule has 0 amide bonds. The number of phenolic OH excluding ortho intramolecular Hbond substituents is 1. The van der Waals surface area contributed by atoms with Crippen LogP contribution in [0.5, 0.6) is 5.75 Å². The van der Waals surface area contributed by atoms with Crippen molar-refractivity contribution in [2.45, 2.75) is 12.2 Å². The molecule has 13 heteroatoms. The lowest BCUT2D eigenvalue weighted by atomic mass is 10.2. The first kappa shape index (κ1) is 19.2. The number of hydrogen-bond donors (Lipinski definition) is 3. The van der Waals surface area contributed by atoms with Crippen LogP contribution in [0.15, 0.2) is 49.8 Å². The fraction of sp³-hybridized carbons (Fsp3) is 0.133. The molecule has 0 aliphatic carbocycles. The van der Waals surface area contributed by atoms with Crippen LogP contribution in [0.2, 0.25) is 0 Å². The summed E-state index contributed by atoms with van der Waals surface area (Å²) in [5, 5.41) is 23.2.